The number of benzene rings is 2. The van der Waals surface area contributed by atoms with Crippen molar-refractivity contribution in [3.8, 4) is 10.6 Å². The topological polar surface area (TPSA) is 54.4 Å². The number of hydrazone groups is 1. The molecule has 4 nitrogen and oxygen atoms in total. The summed E-state index contributed by atoms with van der Waals surface area (Å²) in [6, 6.07) is 13.3. The first-order chi connectivity index (χ1) is 12.1. The van der Waals surface area contributed by atoms with Crippen LogP contribution in [0.1, 0.15) is 11.3 Å². The van der Waals surface area contributed by atoms with Gasteiger partial charge in [0, 0.05) is 16.0 Å². The van der Waals surface area contributed by atoms with E-state index in [0.29, 0.717) is 16.3 Å². The van der Waals surface area contributed by atoms with Crippen LogP contribution >= 0.6 is 22.9 Å². The van der Waals surface area contributed by atoms with E-state index in [1.165, 1.54) is 29.7 Å². The number of aromatic nitrogens is 1. The standard InChI is InChI=1S/C18H13ClFN3OS/c19-14-5-2-4-13(8-14)18-22-16(11-25-18)9-17(24)23-21-10-12-3-1-6-15(20)7-12/h1-8,10-11H,9H2,(H,23,24). The van der Waals surface area contributed by atoms with Gasteiger partial charge in [-0.1, -0.05) is 35.9 Å². The van der Waals surface area contributed by atoms with Crippen LogP contribution in [0.2, 0.25) is 5.02 Å². The molecule has 0 spiro atoms. The summed E-state index contributed by atoms with van der Waals surface area (Å²) in [6.07, 6.45) is 1.50. The number of amides is 1. The number of nitrogens with zero attached hydrogens (tertiary/aromatic N) is 2. The first kappa shape index (κ1) is 17.3. The van der Waals surface area contributed by atoms with E-state index in [-0.39, 0.29) is 18.1 Å². The van der Waals surface area contributed by atoms with Crippen molar-refractivity contribution in [2.45, 2.75) is 6.42 Å². The molecule has 0 saturated heterocycles. The average Bonchev–Trinajstić information content (AvgIpc) is 3.03. The molecule has 0 unspecified atom stereocenters. The quantitative estimate of drug-likeness (QED) is 0.535. The van der Waals surface area contributed by atoms with Crippen LogP contribution < -0.4 is 5.43 Å². The Morgan fingerprint density at radius 1 is 1.28 bits per heavy atom. The van der Waals surface area contributed by atoms with E-state index in [4.69, 9.17) is 11.6 Å². The van der Waals surface area contributed by atoms with E-state index < -0.39 is 0 Å². The van der Waals surface area contributed by atoms with Crippen LogP contribution in [-0.4, -0.2) is 17.1 Å². The second kappa shape index (κ2) is 8.00. The molecule has 0 aliphatic rings. The van der Waals surface area contributed by atoms with Gasteiger partial charge in [-0.2, -0.15) is 5.10 Å². The van der Waals surface area contributed by atoms with Gasteiger partial charge in [-0.15, -0.1) is 11.3 Å². The Kier molecular flexibility index (Phi) is 5.53. The zero-order valence-corrected chi connectivity index (χ0v) is 14.5. The molecule has 0 bridgehead atoms. The van der Waals surface area contributed by atoms with Crippen molar-refractivity contribution in [3.05, 3.63) is 76.0 Å². The molecular formula is C18H13ClFN3OS. The molecule has 3 aromatic rings. The van der Waals surface area contributed by atoms with E-state index in [2.05, 4.69) is 15.5 Å². The normalized spacial score (nSPS) is 11.0. The highest BCUT2D eigenvalue weighted by Gasteiger charge is 2.09. The van der Waals surface area contributed by atoms with E-state index >= 15 is 0 Å². The van der Waals surface area contributed by atoms with E-state index in [0.717, 1.165) is 10.6 Å². The summed E-state index contributed by atoms with van der Waals surface area (Å²) in [5.41, 5.74) is 4.54. The van der Waals surface area contributed by atoms with Crippen LogP contribution in [0.3, 0.4) is 0 Å². The van der Waals surface area contributed by atoms with Crippen molar-refractivity contribution >= 4 is 35.1 Å². The molecule has 0 aliphatic heterocycles. The molecule has 1 heterocycles. The van der Waals surface area contributed by atoms with Gasteiger partial charge in [-0.05, 0) is 29.8 Å². The molecule has 3 rings (SSSR count). The minimum absolute atomic E-state index is 0.109. The van der Waals surface area contributed by atoms with Crippen molar-refractivity contribution in [3.63, 3.8) is 0 Å². The number of rotatable bonds is 5. The van der Waals surface area contributed by atoms with E-state index in [9.17, 15) is 9.18 Å². The molecule has 1 aromatic heterocycles. The number of hydrogen-bond acceptors (Lipinski definition) is 4. The third kappa shape index (κ3) is 4.95. The first-order valence-corrected chi connectivity index (χ1v) is 8.64. The molecule has 2 aromatic carbocycles. The van der Waals surface area contributed by atoms with Crippen LogP contribution in [-0.2, 0) is 11.2 Å². The van der Waals surface area contributed by atoms with Crippen molar-refractivity contribution < 1.29 is 9.18 Å². The summed E-state index contributed by atoms with van der Waals surface area (Å²) in [4.78, 5) is 16.4. The van der Waals surface area contributed by atoms with Gasteiger partial charge >= 0.3 is 0 Å². The Balaban J connectivity index is 1.58. The lowest BCUT2D eigenvalue weighted by atomic mass is 10.2. The zero-order chi connectivity index (χ0) is 17.6. The molecule has 0 aliphatic carbocycles. The van der Waals surface area contributed by atoms with Crippen LogP contribution in [0.25, 0.3) is 10.6 Å². The molecule has 1 amide bonds. The van der Waals surface area contributed by atoms with Crippen LogP contribution in [0.5, 0.6) is 0 Å². The van der Waals surface area contributed by atoms with Gasteiger partial charge in [0.15, 0.2) is 0 Å². The fraction of sp³-hybridized carbons (Fsp3) is 0.0556. The number of halogens is 2. The van der Waals surface area contributed by atoms with Crippen molar-refractivity contribution in [2.24, 2.45) is 5.10 Å². The van der Waals surface area contributed by atoms with E-state index in [1.807, 2.05) is 23.6 Å². The lowest BCUT2D eigenvalue weighted by Gasteiger charge is -1.98. The fourth-order valence-corrected chi connectivity index (χ4v) is 3.12. The predicted molar refractivity (Wildman–Crippen MR) is 98.4 cm³/mol. The molecule has 25 heavy (non-hydrogen) atoms. The molecular weight excluding hydrogens is 361 g/mol. The van der Waals surface area contributed by atoms with Gasteiger partial charge in [0.25, 0.3) is 0 Å². The predicted octanol–water partition coefficient (Wildman–Crippen LogP) is 4.30. The second-order valence-corrected chi connectivity index (χ2v) is 6.47. The second-order valence-electron chi connectivity index (χ2n) is 5.18. The van der Waals surface area contributed by atoms with Gasteiger partial charge in [-0.25, -0.2) is 14.8 Å². The molecule has 1 N–H and O–H groups in total. The lowest BCUT2D eigenvalue weighted by molar-refractivity contribution is -0.120. The minimum Gasteiger partial charge on any atom is -0.273 e. The fourth-order valence-electron chi connectivity index (χ4n) is 2.11. The summed E-state index contributed by atoms with van der Waals surface area (Å²) in [7, 11) is 0. The molecule has 126 valence electrons. The van der Waals surface area contributed by atoms with Gasteiger partial charge in [0.05, 0.1) is 18.3 Å². The maximum atomic E-state index is 13.0. The maximum absolute atomic E-state index is 13.0. The highest BCUT2D eigenvalue weighted by Crippen LogP contribution is 2.26. The highest BCUT2D eigenvalue weighted by molar-refractivity contribution is 7.13. The molecule has 0 saturated carbocycles. The van der Waals surface area contributed by atoms with E-state index in [1.54, 1.807) is 18.2 Å². The molecule has 0 radical (unpaired) electrons. The Morgan fingerprint density at radius 2 is 2.12 bits per heavy atom. The molecule has 0 fully saturated rings. The average molecular weight is 374 g/mol. The lowest BCUT2D eigenvalue weighted by Crippen LogP contribution is -2.19. The van der Waals surface area contributed by atoms with Gasteiger partial charge < -0.3 is 0 Å². The van der Waals surface area contributed by atoms with Gasteiger partial charge in [-0.3, -0.25) is 4.79 Å². The number of carbonyl (C=O) groups is 1. The summed E-state index contributed by atoms with van der Waals surface area (Å²) >= 11 is 7.42. The third-order valence-electron chi connectivity index (χ3n) is 3.22. The van der Waals surface area contributed by atoms with Gasteiger partial charge in [0.1, 0.15) is 10.8 Å². The summed E-state index contributed by atoms with van der Waals surface area (Å²) < 4.78 is 13.0. The third-order valence-corrected chi connectivity index (χ3v) is 4.39. The van der Waals surface area contributed by atoms with Gasteiger partial charge in [0.2, 0.25) is 5.91 Å². The minimum atomic E-state index is -0.355. The SMILES string of the molecule is O=C(Cc1csc(-c2cccc(Cl)c2)n1)NN=Cc1cccc(F)c1. The number of thiazole rings is 1. The largest absolute Gasteiger partial charge is 0.273 e. The Bertz CT molecular complexity index is 926. The molecule has 0 atom stereocenters. The maximum Gasteiger partial charge on any atom is 0.246 e. The van der Waals surface area contributed by atoms with Crippen molar-refractivity contribution in [1.82, 2.24) is 10.4 Å². The molecule has 7 heteroatoms. The van der Waals surface area contributed by atoms with Crippen LogP contribution in [0.15, 0.2) is 59.0 Å². The Morgan fingerprint density at radius 3 is 2.92 bits per heavy atom. The number of carbonyl (C=O) groups excluding carboxylic acids is 1. The summed E-state index contributed by atoms with van der Waals surface area (Å²) in [5, 5.41) is 7.09. The number of hydrogen-bond donors (Lipinski definition) is 1. The monoisotopic (exact) mass is 373 g/mol. The van der Waals surface area contributed by atoms with Crippen LogP contribution in [0.4, 0.5) is 4.39 Å². The first-order valence-electron chi connectivity index (χ1n) is 7.38. The summed E-state index contributed by atoms with van der Waals surface area (Å²) in [5.74, 6) is -0.651. The Labute approximate surface area is 153 Å². The highest BCUT2D eigenvalue weighted by atomic mass is 35.5. The summed E-state index contributed by atoms with van der Waals surface area (Å²) in [6.45, 7) is 0. The van der Waals surface area contributed by atoms with Crippen LogP contribution in [0, 0.1) is 5.82 Å². The van der Waals surface area contributed by atoms with Crippen molar-refractivity contribution in [2.75, 3.05) is 0 Å². The number of nitrogens with one attached hydrogen (secondary N) is 1. The zero-order valence-electron chi connectivity index (χ0n) is 12.9. The Hall–Kier alpha value is -2.57. The smallest absolute Gasteiger partial charge is 0.246 e. The van der Waals surface area contributed by atoms with Crippen molar-refractivity contribution in [1.29, 1.82) is 0 Å².